The lowest BCUT2D eigenvalue weighted by atomic mass is 10.0. The van der Waals surface area contributed by atoms with Crippen molar-refractivity contribution in [2.45, 2.75) is 57.5 Å². The average molecular weight is 250 g/mol. The van der Waals surface area contributed by atoms with Crippen LogP contribution in [0, 0.1) is 5.92 Å². The third kappa shape index (κ3) is 3.14. The number of likely N-dealkylation sites (N-methyl/N-ethyl adjacent to an activating group) is 1. The number of likely N-dealkylation sites (tertiary alicyclic amines) is 1. The minimum Gasteiger partial charge on any atom is -0.335 e. The molecule has 1 N–H and O–H groups in total. The maximum Gasteiger partial charge on any atom is 0.240 e. The van der Waals surface area contributed by atoms with Crippen LogP contribution in [0.15, 0.2) is 12.2 Å². The standard InChI is InChI=1S/C15H26N2O/c1-12-9-10-14(16-2)15(18)17(11-12)13-7-5-3-4-6-8-13/h5,7,12-14,16H,3-4,6,8-11H2,1-2H3. The third-order valence-corrected chi connectivity index (χ3v) is 4.27. The molecule has 0 saturated carbocycles. The summed E-state index contributed by atoms with van der Waals surface area (Å²) in [6, 6.07) is 0.350. The number of carbonyl (C=O) groups is 1. The zero-order valence-corrected chi connectivity index (χ0v) is 11.7. The van der Waals surface area contributed by atoms with Crippen LogP contribution in [-0.4, -0.2) is 36.5 Å². The summed E-state index contributed by atoms with van der Waals surface area (Å²) >= 11 is 0. The van der Waals surface area contributed by atoms with Crippen LogP contribution >= 0.6 is 0 Å². The Hall–Kier alpha value is -0.830. The average Bonchev–Trinajstić information content (AvgIpc) is 2.70. The summed E-state index contributed by atoms with van der Waals surface area (Å²) in [5.41, 5.74) is 0. The highest BCUT2D eigenvalue weighted by Gasteiger charge is 2.32. The van der Waals surface area contributed by atoms with Crippen molar-refractivity contribution in [3.05, 3.63) is 12.2 Å². The highest BCUT2D eigenvalue weighted by molar-refractivity contribution is 5.82. The van der Waals surface area contributed by atoms with Gasteiger partial charge in [0.05, 0.1) is 12.1 Å². The van der Waals surface area contributed by atoms with E-state index in [1.54, 1.807) is 0 Å². The van der Waals surface area contributed by atoms with E-state index in [4.69, 9.17) is 0 Å². The molecule has 18 heavy (non-hydrogen) atoms. The zero-order valence-electron chi connectivity index (χ0n) is 11.7. The van der Waals surface area contributed by atoms with E-state index in [0.717, 1.165) is 25.8 Å². The second-order valence-corrected chi connectivity index (χ2v) is 5.79. The largest absolute Gasteiger partial charge is 0.335 e. The van der Waals surface area contributed by atoms with Crippen LogP contribution in [0.3, 0.4) is 0 Å². The first-order chi connectivity index (χ1) is 8.72. The van der Waals surface area contributed by atoms with Gasteiger partial charge in [0.15, 0.2) is 0 Å². The molecule has 3 unspecified atom stereocenters. The number of hydrogen-bond acceptors (Lipinski definition) is 2. The topological polar surface area (TPSA) is 32.3 Å². The molecule has 1 saturated heterocycles. The van der Waals surface area contributed by atoms with Crippen LogP contribution in [0.2, 0.25) is 0 Å². The Bertz CT molecular complexity index is 314. The van der Waals surface area contributed by atoms with Crippen molar-refractivity contribution in [1.29, 1.82) is 0 Å². The normalized spacial score (nSPS) is 34.2. The fraction of sp³-hybridized carbons (Fsp3) is 0.800. The van der Waals surface area contributed by atoms with Crippen LogP contribution in [-0.2, 0) is 4.79 Å². The van der Waals surface area contributed by atoms with Gasteiger partial charge in [0.2, 0.25) is 5.91 Å². The van der Waals surface area contributed by atoms with E-state index in [0.29, 0.717) is 17.9 Å². The first-order valence-electron chi connectivity index (χ1n) is 7.36. The monoisotopic (exact) mass is 250 g/mol. The molecule has 102 valence electrons. The molecule has 2 rings (SSSR count). The van der Waals surface area contributed by atoms with Crippen LogP contribution < -0.4 is 5.32 Å². The van der Waals surface area contributed by atoms with Crippen LogP contribution in [0.4, 0.5) is 0 Å². The summed E-state index contributed by atoms with van der Waals surface area (Å²) < 4.78 is 0. The Labute approximate surface area is 111 Å². The minimum atomic E-state index is 0.0200. The van der Waals surface area contributed by atoms with Crippen molar-refractivity contribution in [2.24, 2.45) is 5.92 Å². The van der Waals surface area contributed by atoms with Gasteiger partial charge in [-0.15, -0.1) is 0 Å². The Kier molecular flexibility index (Phi) is 4.81. The van der Waals surface area contributed by atoms with E-state index in [2.05, 4.69) is 29.3 Å². The van der Waals surface area contributed by atoms with Crippen molar-refractivity contribution in [3.63, 3.8) is 0 Å². The number of nitrogens with zero attached hydrogens (tertiary/aromatic N) is 1. The van der Waals surface area contributed by atoms with E-state index in [1.165, 1.54) is 19.3 Å². The lowest BCUT2D eigenvalue weighted by Crippen LogP contribution is -2.48. The minimum absolute atomic E-state index is 0.0200. The third-order valence-electron chi connectivity index (χ3n) is 4.27. The van der Waals surface area contributed by atoms with Gasteiger partial charge in [-0.2, -0.15) is 0 Å². The van der Waals surface area contributed by atoms with Crippen molar-refractivity contribution in [3.8, 4) is 0 Å². The summed E-state index contributed by atoms with van der Waals surface area (Å²) in [4.78, 5) is 14.7. The second-order valence-electron chi connectivity index (χ2n) is 5.79. The van der Waals surface area contributed by atoms with Gasteiger partial charge in [-0.05, 0) is 45.1 Å². The number of amides is 1. The number of carbonyl (C=O) groups excluding carboxylic acids is 1. The SMILES string of the molecule is CNC1CCC(C)CN(C2C=CCCCC2)C1=O. The quantitative estimate of drug-likeness (QED) is 0.763. The van der Waals surface area contributed by atoms with Crippen molar-refractivity contribution in [1.82, 2.24) is 10.2 Å². The van der Waals surface area contributed by atoms with Gasteiger partial charge in [0, 0.05) is 6.54 Å². The number of rotatable bonds is 2. The van der Waals surface area contributed by atoms with Gasteiger partial charge in [0.25, 0.3) is 0 Å². The van der Waals surface area contributed by atoms with Gasteiger partial charge in [-0.3, -0.25) is 4.79 Å². The molecule has 0 aromatic rings. The Morgan fingerprint density at radius 3 is 2.89 bits per heavy atom. The molecule has 0 aromatic heterocycles. The first-order valence-corrected chi connectivity index (χ1v) is 7.36. The van der Waals surface area contributed by atoms with E-state index in [9.17, 15) is 4.79 Å². The summed E-state index contributed by atoms with van der Waals surface area (Å²) in [6.07, 6.45) is 11.4. The number of nitrogens with one attached hydrogen (secondary N) is 1. The molecule has 0 bridgehead atoms. The Morgan fingerprint density at radius 2 is 2.11 bits per heavy atom. The number of allylic oxidation sites excluding steroid dienone is 1. The lowest BCUT2D eigenvalue weighted by Gasteiger charge is -2.31. The van der Waals surface area contributed by atoms with E-state index in [-0.39, 0.29) is 6.04 Å². The predicted octanol–water partition coefficient (Wildman–Crippen LogP) is 2.33. The fourth-order valence-electron chi connectivity index (χ4n) is 3.08. The molecule has 2 aliphatic rings. The van der Waals surface area contributed by atoms with E-state index < -0.39 is 0 Å². The maximum absolute atomic E-state index is 12.6. The smallest absolute Gasteiger partial charge is 0.240 e. The zero-order chi connectivity index (χ0) is 13.0. The van der Waals surface area contributed by atoms with E-state index >= 15 is 0 Å². The van der Waals surface area contributed by atoms with Gasteiger partial charge in [0.1, 0.15) is 0 Å². The van der Waals surface area contributed by atoms with Crippen molar-refractivity contribution >= 4 is 5.91 Å². The van der Waals surface area contributed by atoms with Crippen LogP contribution in [0.5, 0.6) is 0 Å². The lowest BCUT2D eigenvalue weighted by molar-refractivity contribution is -0.134. The predicted molar refractivity (Wildman–Crippen MR) is 74.4 cm³/mol. The summed E-state index contributed by atoms with van der Waals surface area (Å²) in [7, 11) is 1.90. The summed E-state index contributed by atoms with van der Waals surface area (Å²) in [5.74, 6) is 0.919. The second kappa shape index (κ2) is 6.37. The molecular weight excluding hydrogens is 224 g/mol. The molecule has 1 amide bonds. The molecule has 0 aromatic carbocycles. The van der Waals surface area contributed by atoms with Crippen molar-refractivity contribution in [2.75, 3.05) is 13.6 Å². The van der Waals surface area contributed by atoms with Crippen LogP contribution in [0.1, 0.15) is 45.4 Å². The van der Waals surface area contributed by atoms with Crippen molar-refractivity contribution < 1.29 is 4.79 Å². The molecule has 1 fully saturated rings. The molecule has 3 nitrogen and oxygen atoms in total. The molecular formula is C15H26N2O. The Balaban J connectivity index is 2.13. The maximum atomic E-state index is 12.6. The number of hydrogen-bond donors (Lipinski definition) is 1. The highest BCUT2D eigenvalue weighted by atomic mass is 16.2. The molecule has 1 heterocycles. The Morgan fingerprint density at radius 1 is 1.28 bits per heavy atom. The van der Waals surface area contributed by atoms with Gasteiger partial charge in [-0.1, -0.05) is 25.5 Å². The van der Waals surface area contributed by atoms with Gasteiger partial charge in [-0.25, -0.2) is 0 Å². The molecule has 3 atom stereocenters. The van der Waals surface area contributed by atoms with Gasteiger partial charge < -0.3 is 10.2 Å². The molecule has 1 aliphatic carbocycles. The highest BCUT2D eigenvalue weighted by Crippen LogP contribution is 2.23. The summed E-state index contributed by atoms with van der Waals surface area (Å²) in [6.45, 7) is 3.19. The van der Waals surface area contributed by atoms with Crippen LogP contribution in [0.25, 0.3) is 0 Å². The molecule has 0 spiro atoms. The molecule has 1 aliphatic heterocycles. The van der Waals surface area contributed by atoms with E-state index in [1.807, 2.05) is 7.05 Å². The summed E-state index contributed by atoms with van der Waals surface area (Å²) in [5, 5.41) is 3.18. The van der Waals surface area contributed by atoms with Gasteiger partial charge >= 0.3 is 0 Å². The fourth-order valence-corrected chi connectivity index (χ4v) is 3.08. The molecule has 0 radical (unpaired) electrons. The molecule has 3 heteroatoms. The first kappa shape index (κ1) is 13.6.